The maximum absolute atomic E-state index is 12.1. The number of carbonyl (C=O) groups excluding carboxylic acids is 2. The topological polar surface area (TPSA) is 89.6 Å². The lowest BCUT2D eigenvalue weighted by Gasteiger charge is -2.09. The second kappa shape index (κ2) is 9.03. The van der Waals surface area contributed by atoms with E-state index in [1.165, 1.54) is 11.3 Å². The Kier molecular flexibility index (Phi) is 6.76. The molecule has 134 valence electrons. The highest BCUT2D eigenvalue weighted by molar-refractivity contribution is 7.13. The molecule has 0 fully saturated rings. The van der Waals surface area contributed by atoms with Crippen LogP contribution in [-0.4, -0.2) is 30.7 Å². The molecule has 0 aliphatic heterocycles. The van der Waals surface area contributed by atoms with Gasteiger partial charge in [-0.05, 0) is 18.1 Å². The van der Waals surface area contributed by atoms with Crippen LogP contribution in [0, 0.1) is 5.92 Å². The van der Waals surface area contributed by atoms with Crippen LogP contribution in [0.15, 0.2) is 29.6 Å². The highest BCUT2D eigenvalue weighted by Crippen LogP contribution is 2.23. The number of methoxy groups -OCH3 is 1. The smallest absolute Gasteiger partial charge is 0.413 e. The van der Waals surface area contributed by atoms with Crippen LogP contribution in [0.4, 0.5) is 15.6 Å². The van der Waals surface area contributed by atoms with Gasteiger partial charge in [0.2, 0.25) is 5.91 Å². The van der Waals surface area contributed by atoms with Gasteiger partial charge in [-0.3, -0.25) is 10.1 Å². The average molecular weight is 363 g/mol. The van der Waals surface area contributed by atoms with Gasteiger partial charge in [-0.15, -0.1) is 11.3 Å². The number of rotatable bonds is 7. The molecule has 0 bridgehead atoms. The Morgan fingerprint density at radius 3 is 2.72 bits per heavy atom. The van der Waals surface area contributed by atoms with Crippen LogP contribution in [0.5, 0.6) is 5.75 Å². The van der Waals surface area contributed by atoms with Crippen molar-refractivity contribution in [1.82, 2.24) is 4.98 Å². The zero-order chi connectivity index (χ0) is 18.2. The first-order chi connectivity index (χ1) is 12.0. The van der Waals surface area contributed by atoms with Gasteiger partial charge in [-0.1, -0.05) is 26.0 Å². The fourth-order valence-corrected chi connectivity index (χ4v) is 2.61. The number of aromatic nitrogens is 1. The largest absolute Gasteiger partial charge is 0.495 e. The second-order valence-corrected chi connectivity index (χ2v) is 6.54. The zero-order valence-corrected chi connectivity index (χ0v) is 15.2. The molecule has 2 amide bonds. The van der Waals surface area contributed by atoms with Crippen LogP contribution in [-0.2, 0) is 16.0 Å². The summed E-state index contributed by atoms with van der Waals surface area (Å²) in [7, 11) is 1.54. The lowest BCUT2D eigenvalue weighted by Crippen LogP contribution is -2.17. The number of anilines is 2. The molecule has 1 aromatic heterocycles. The van der Waals surface area contributed by atoms with Gasteiger partial charge in [0, 0.05) is 5.38 Å². The summed E-state index contributed by atoms with van der Waals surface area (Å²) in [6, 6.07) is 7.16. The van der Waals surface area contributed by atoms with Crippen LogP contribution in [0.2, 0.25) is 0 Å². The lowest BCUT2D eigenvalue weighted by molar-refractivity contribution is -0.115. The molecule has 0 aliphatic rings. The van der Waals surface area contributed by atoms with Crippen LogP contribution in [0.1, 0.15) is 19.5 Å². The van der Waals surface area contributed by atoms with E-state index in [-0.39, 0.29) is 18.2 Å². The predicted octanol–water partition coefficient (Wildman–Crippen LogP) is 3.54. The summed E-state index contributed by atoms with van der Waals surface area (Å²) in [6.45, 7) is 4.25. The number of nitrogens with zero attached hydrogens (tertiary/aromatic N) is 1. The molecule has 0 aliphatic carbocycles. The highest BCUT2D eigenvalue weighted by atomic mass is 32.1. The molecule has 0 saturated heterocycles. The van der Waals surface area contributed by atoms with Crippen molar-refractivity contribution in [2.24, 2.45) is 5.92 Å². The quantitative estimate of drug-likeness (QED) is 0.785. The highest BCUT2D eigenvalue weighted by Gasteiger charge is 2.12. The van der Waals surface area contributed by atoms with Crippen molar-refractivity contribution in [1.29, 1.82) is 0 Å². The third-order valence-corrected chi connectivity index (χ3v) is 3.84. The Hall–Kier alpha value is -2.61. The summed E-state index contributed by atoms with van der Waals surface area (Å²) in [5.74, 6) is 0.629. The molecular weight excluding hydrogens is 342 g/mol. The summed E-state index contributed by atoms with van der Waals surface area (Å²) in [5.41, 5.74) is 1.16. The van der Waals surface area contributed by atoms with Gasteiger partial charge in [0.05, 0.1) is 31.5 Å². The standard InChI is InChI=1S/C17H21N3O4S/c1-11(2)9-24-17(22)20-16-18-12(10-25-16)8-15(21)19-13-6-4-5-7-14(13)23-3/h4-7,10-11H,8-9H2,1-3H3,(H,19,21)(H,18,20,22). The first-order valence-corrected chi connectivity index (χ1v) is 8.67. The van der Waals surface area contributed by atoms with E-state index in [1.807, 2.05) is 26.0 Å². The van der Waals surface area contributed by atoms with Crippen molar-refractivity contribution >= 4 is 34.2 Å². The molecule has 7 nitrogen and oxygen atoms in total. The number of hydrogen-bond donors (Lipinski definition) is 2. The first-order valence-electron chi connectivity index (χ1n) is 7.79. The van der Waals surface area contributed by atoms with E-state index in [4.69, 9.17) is 9.47 Å². The van der Waals surface area contributed by atoms with Gasteiger partial charge in [-0.25, -0.2) is 9.78 Å². The maximum atomic E-state index is 12.1. The molecule has 2 rings (SSSR count). The monoisotopic (exact) mass is 363 g/mol. The van der Waals surface area contributed by atoms with Gasteiger partial charge >= 0.3 is 6.09 Å². The minimum atomic E-state index is -0.548. The van der Waals surface area contributed by atoms with Crippen LogP contribution < -0.4 is 15.4 Å². The zero-order valence-electron chi connectivity index (χ0n) is 14.4. The van der Waals surface area contributed by atoms with Gasteiger partial charge in [-0.2, -0.15) is 0 Å². The number of para-hydroxylation sites is 2. The van der Waals surface area contributed by atoms with Crippen molar-refractivity contribution in [3.05, 3.63) is 35.3 Å². The van der Waals surface area contributed by atoms with Crippen LogP contribution >= 0.6 is 11.3 Å². The molecular formula is C17H21N3O4S. The summed E-state index contributed by atoms with van der Waals surface area (Å²) < 4.78 is 10.2. The van der Waals surface area contributed by atoms with Crippen molar-refractivity contribution in [3.63, 3.8) is 0 Å². The van der Waals surface area contributed by atoms with Gasteiger partial charge in [0.15, 0.2) is 5.13 Å². The van der Waals surface area contributed by atoms with Gasteiger partial charge in [0.1, 0.15) is 5.75 Å². The van der Waals surface area contributed by atoms with Crippen molar-refractivity contribution in [3.8, 4) is 5.75 Å². The molecule has 2 aromatic rings. The molecule has 0 radical (unpaired) electrons. The summed E-state index contributed by atoms with van der Waals surface area (Å²) in [6.07, 6.45) is -0.454. The Balaban J connectivity index is 1.88. The molecule has 8 heteroatoms. The maximum Gasteiger partial charge on any atom is 0.413 e. The second-order valence-electron chi connectivity index (χ2n) is 5.69. The van der Waals surface area contributed by atoms with E-state index in [9.17, 15) is 9.59 Å². The molecule has 25 heavy (non-hydrogen) atoms. The molecule has 1 aromatic carbocycles. The SMILES string of the molecule is COc1ccccc1NC(=O)Cc1csc(NC(=O)OCC(C)C)n1. The van der Waals surface area contributed by atoms with E-state index in [0.29, 0.717) is 28.9 Å². The average Bonchev–Trinajstić information content (AvgIpc) is 3.00. The lowest BCUT2D eigenvalue weighted by atomic mass is 10.2. The minimum absolute atomic E-state index is 0.0945. The molecule has 0 atom stereocenters. The first kappa shape index (κ1) is 18.7. The molecule has 0 unspecified atom stereocenters. The predicted molar refractivity (Wildman–Crippen MR) is 97.3 cm³/mol. The number of carbonyl (C=O) groups is 2. The summed E-state index contributed by atoms with van der Waals surface area (Å²) in [5, 5.41) is 7.45. The summed E-state index contributed by atoms with van der Waals surface area (Å²) >= 11 is 1.24. The van der Waals surface area contributed by atoms with E-state index in [0.717, 1.165) is 0 Å². The number of thiazole rings is 1. The van der Waals surface area contributed by atoms with E-state index in [2.05, 4.69) is 15.6 Å². The number of benzene rings is 1. The van der Waals surface area contributed by atoms with Crippen molar-refractivity contribution < 1.29 is 19.1 Å². The number of nitrogens with one attached hydrogen (secondary N) is 2. The Morgan fingerprint density at radius 1 is 1.24 bits per heavy atom. The number of hydrogen-bond acceptors (Lipinski definition) is 6. The molecule has 0 saturated carbocycles. The van der Waals surface area contributed by atoms with Crippen molar-refractivity contribution in [2.75, 3.05) is 24.4 Å². The van der Waals surface area contributed by atoms with Gasteiger partial charge in [0.25, 0.3) is 0 Å². The molecule has 1 heterocycles. The fraction of sp³-hybridized carbons (Fsp3) is 0.353. The van der Waals surface area contributed by atoms with Gasteiger partial charge < -0.3 is 14.8 Å². The van der Waals surface area contributed by atoms with Crippen molar-refractivity contribution in [2.45, 2.75) is 20.3 Å². The summed E-state index contributed by atoms with van der Waals surface area (Å²) in [4.78, 5) is 28.0. The third-order valence-electron chi connectivity index (χ3n) is 3.03. The number of amides is 2. The molecule has 0 spiro atoms. The molecule has 2 N–H and O–H groups in total. The number of ether oxygens (including phenoxy) is 2. The van der Waals surface area contributed by atoms with Crippen LogP contribution in [0.3, 0.4) is 0 Å². The van der Waals surface area contributed by atoms with Crippen LogP contribution in [0.25, 0.3) is 0 Å². The third kappa shape index (κ3) is 6.07. The van der Waals surface area contributed by atoms with E-state index < -0.39 is 6.09 Å². The normalized spacial score (nSPS) is 10.4. The fourth-order valence-electron chi connectivity index (χ4n) is 1.92. The van der Waals surface area contributed by atoms with E-state index in [1.54, 1.807) is 24.6 Å². The Labute approximate surface area is 150 Å². The Morgan fingerprint density at radius 2 is 2.00 bits per heavy atom. The minimum Gasteiger partial charge on any atom is -0.495 e. The van der Waals surface area contributed by atoms with E-state index >= 15 is 0 Å². The Bertz CT molecular complexity index is 730.